The van der Waals surface area contributed by atoms with E-state index in [2.05, 4.69) is 15.6 Å². The standard InChI is InChI=1S/C20H23F3N4O2S.HI/c1-24-19(26-14-15-6-8-17(9-7-15)20(21,22)23)25-11-13-30(28,29)27-12-10-16-4-2-3-5-18(16)27;/h2-9H,10-14H2,1H3,(H2,24,25,26);1H. The number of aliphatic imine (C=N–C) groups is 1. The normalized spacial score (nSPS) is 14.1. The Labute approximate surface area is 197 Å². The number of guanidine groups is 1. The second-order valence-electron chi connectivity index (χ2n) is 6.81. The van der Waals surface area contributed by atoms with Crippen LogP contribution in [-0.2, 0) is 29.2 Å². The first-order valence-corrected chi connectivity index (χ1v) is 11.0. The zero-order valence-electron chi connectivity index (χ0n) is 16.8. The largest absolute Gasteiger partial charge is 0.416 e. The zero-order chi connectivity index (χ0) is 21.8. The molecule has 0 amide bonds. The van der Waals surface area contributed by atoms with E-state index in [1.807, 2.05) is 18.2 Å². The van der Waals surface area contributed by atoms with Crippen LogP contribution in [-0.4, -0.2) is 40.3 Å². The van der Waals surface area contributed by atoms with Gasteiger partial charge in [-0.05, 0) is 35.7 Å². The summed E-state index contributed by atoms with van der Waals surface area (Å²) in [5, 5.41) is 5.90. The third-order valence-electron chi connectivity index (χ3n) is 4.80. The van der Waals surface area contributed by atoms with Crippen molar-refractivity contribution in [1.82, 2.24) is 10.6 Å². The molecule has 1 aliphatic heterocycles. The summed E-state index contributed by atoms with van der Waals surface area (Å²) in [7, 11) is -1.95. The van der Waals surface area contributed by atoms with E-state index in [0.717, 1.165) is 23.4 Å². The summed E-state index contributed by atoms with van der Waals surface area (Å²) in [5.74, 6) is 0.259. The lowest BCUT2D eigenvalue weighted by Gasteiger charge is -2.20. The minimum atomic E-state index is -4.37. The van der Waals surface area contributed by atoms with Crippen molar-refractivity contribution < 1.29 is 21.6 Å². The number of anilines is 1. The highest BCUT2D eigenvalue weighted by Crippen LogP contribution is 2.30. The fourth-order valence-electron chi connectivity index (χ4n) is 3.22. The van der Waals surface area contributed by atoms with Gasteiger partial charge in [0, 0.05) is 26.7 Å². The van der Waals surface area contributed by atoms with Gasteiger partial charge in [0.25, 0.3) is 0 Å². The van der Waals surface area contributed by atoms with Crippen molar-refractivity contribution in [1.29, 1.82) is 0 Å². The lowest BCUT2D eigenvalue weighted by atomic mass is 10.1. The molecular weight excluding hydrogens is 544 g/mol. The number of sulfonamides is 1. The number of fused-ring (bicyclic) bond motifs is 1. The number of para-hydroxylation sites is 1. The Morgan fingerprint density at radius 3 is 2.42 bits per heavy atom. The molecule has 0 saturated heterocycles. The third kappa shape index (κ3) is 6.48. The maximum Gasteiger partial charge on any atom is 0.416 e. The van der Waals surface area contributed by atoms with Crippen LogP contribution in [0.1, 0.15) is 16.7 Å². The maximum absolute atomic E-state index is 12.7. The minimum absolute atomic E-state index is 0. The van der Waals surface area contributed by atoms with Crippen molar-refractivity contribution >= 4 is 45.6 Å². The van der Waals surface area contributed by atoms with Crippen LogP contribution in [0.4, 0.5) is 18.9 Å². The molecule has 11 heteroatoms. The van der Waals surface area contributed by atoms with Crippen LogP contribution in [0.2, 0.25) is 0 Å². The summed E-state index contributed by atoms with van der Waals surface area (Å²) < 4.78 is 64.7. The van der Waals surface area contributed by atoms with E-state index >= 15 is 0 Å². The molecule has 0 fully saturated rings. The van der Waals surface area contributed by atoms with Gasteiger partial charge >= 0.3 is 6.18 Å². The van der Waals surface area contributed by atoms with Crippen molar-refractivity contribution in [3.8, 4) is 0 Å². The molecule has 0 aromatic heterocycles. The highest BCUT2D eigenvalue weighted by Gasteiger charge is 2.30. The molecule has 6 nitrogen and oxygen atoms in total. The molecule has 170 valence electrons. The van der Waals surface area contributed by atoms with Gasteiger partial charge in [-0.1, -0.05) is 30.3 Å². The van der Waals surface area contributed by atoms with E-state index in [4.69, 9.17) is 0 Å². The molecule has 3 rings (SSSR count). The van der Waals surface area contributed by atoms with Crippen LogP contribution >= 0.6 is 24.0 Å². The number of rotatable bonds is 6. The van der Waals surface area contributed by atoms with Crippen molar-refractivity contribution in [3.63, 3.8) is 0 Å². The molecule has 0 radical (unpaired) electrons. The maximum atomic E-state index is 12.7. The Balaban J connectivity index is 0.00000341. The van der Waals surface area contributed by atoms with E-state index in [1.165, 1.54) is 23.5 Å². The molecule has 0 unspecified atom stereocenters. The fourth-order valence-corrected chi connectivity index (χ4v) is 4.65. The Morgan fingerprint density at radius 2 is 1.77 bits per heavy atom. The second-order valence-corrected chi connectivity index (χ2v) is 8.83. The number of hydrogen-bond acceptors (Lipinski definition) is 3. The Hall–Kier alpha value is -2.02. The Morgan fingerprint density at radius 1 is 1.10 bits per heavy atom. The summed E-state index contributed by atoms with van der Waals surface area (Å²) in [6.07, 6.45) is -3.68. The molecular formula is C20H24F3IN4O2S. The van der Waals surface area contributed by atoms with Crippen molar-refractivity contribution in [2.24, 2.45) is 4.99 Å². The van der Waals surface area contributed by atoms with E-state index in [1.54, 1.807) is 6.07 Å². The average molecular weight is 568 g/mol. The van der Waals surface area contributed by atoms with Gasteiger partial charge in [-0.3, -0.25) is 9.30 Å². The third-order valence-corrected chi connectivity index (χ3v) is 6.57. The summed E-state index contributed by atoms with van der Waals surface area (Å²) in [6, 6.07) is 12.3. The van der Waals surface area contributed by atoms with Crippen molar-refractivity contribution in [2.45, 2.75) is 19.1 Å². The average Bonchev–Trinajstić information content (AvgIpc) is 3.15. The predicted octanol–water partition coefficient (Wildman–Crippen LogP) is 3.38. The first kappa shape index (κ1) is 25.2. The summed E-state index contributed by atoms with van der Waals surface area (Å²) in [4.78, 5) is 4.02. The Kier molecular flexibility index (Phi) is 8.57. The van der Waals surface area contributed by atoms with Gasteiger partial charge < -0.3 is 10.6 Å². The van der Waals surface area contributed by atoms with Gasteiger partial charge in [0.2, 0.25) is 10.0 Å². The highest BCUT2D eigenvalue weighted by molar-refractivity contribution is 14.0. The molecule has 31 heavy (non-hydrogen) atoms. The van der Waals surface area contributed by atoms with Gasteiger partial charge in [0.1, 0.15) is 0 Å². The quantitative estimate of drug-likeness (QED) is 0.319. The minimum Gasteiger partial charge on any atom is -0.355 e. The van der Waals surface area contributed by atoms with Crippen LogP contribution in [0.3, 0.4) is 0 Å². The van der Waals surface area contributed by atoms with Gasteiger partial charge in [-0.15, -0.1) is 24.0 Å². The fraction of sp³-hybridized carbons (Fsp3) is 0.350. The van der Waals surface area contributed by atoms with Crippen molar-refractivity contribution in [2.75, 3.05) is 30.2 Å². The van der Waals surface area contributed by atoms with Gasteiger partial charge in [0.15, 0.2) is 5.96 Å². The molecule has 1 aliphatic rings. The van der Waals surface area contributed by atoms with Crippen molar-refractivity contribution in [3.05, 3.63) is 65.2 Å². The number of benzene rings is 2. The monoisotopic (exact) mass is 568 g/mol. The number of nitrogens with zero attached hydrogens (tertiary/aromatic N) is 2. The van der Waals surface area contributed by atoms with Gasteiger partial charge in [-0.2, -0.15) is 13.2 Å². The van der Waals surface area contributed by atoms with Gasteiger partial charge in [-0.25, -0.2) is 8.42 Å². The summed E-state index contributed by atoms with van der Waals surface area (Å²) >= 11 is 0. The van der Waals surface area contributed by atoms with Crippen LogP contribution in [0.25, 0.3) is 0 Å². The number of hydrogen-bond donors (Lipinski definition) is 2. The summed E-state index contributed by atoms with van der Waals surface area (Å²) in [5.41, 5.74) is 1.68. The lowest BCUT2D eigenvalue weighted by molar-refractivity contribution is -0.137. The van der Waals surface area contributed by atoms with Crippen LogP contribution in [0.5, 0.6) is 0 Å². The molecule has 0 atom stereocenters. The zero-order valence-corrected chi connectivity index (χ0v) is 20.0. The SMILES string of the molecule is CN=C(NCCS(=O)(=O)N1CCc2ccccc21)NCc1ccc(C(F)(F)F)cc1.I. The predicted molar refractivity (Wildman–Crippen MR) is 126 cm³/mol. The summed E-state index contributed by atoms with van der Waals surface area (Å²) in [6.45, 7) is 0.834. The molecule has 2 aromatic carbocycles. The van der Waals surface area contributed by atoms with E-state index in [-0.39, 0.29) is 42.8 Å². The number of nitrogens with one attached hydrogen (secondary N) is 2. The lowest BCUT2D eigenvalue weighted by Crippen LogP contribution is -2.41. The topological polar surface area (TPSA) is 73.8 Å². The first-order chi connectivity index (χ1) is 14.2. The van der Waals surface area contributed by atoms with Crippen LogP contribution < -0.4 is 14.9 Å². The molecule has 0 aliphatic carbocycles. The molecule has 0 bridgehead atoms. The van der Waals surface area contributed by atoms with E-state index in [0.29, 0.717) is 24.5 Å². The number of halogens is 4. The molecule has 1 heterocycles. The Bertz CT molecular complexity index is 1010. The molecule has 2 aromatic rings. The van der Waals surface area contributed by atoms with E-state index < -0.39 is 21.8 Å². The second kappa shape index (κ2) is 10.5. The highest BCUT2D eigenvalue weighted by atomic mass is 127. The van der Waals surface area contributed by atoms with Crippen LogP contribution in [0, 0.1) is 0 Å². The first-order valence-electron chi connectivity index (χ1n) is 9.40. The molecule has 2 N–H and O–H groups in total. The molecule has 0 spiro atoms. The smallest absolute Gasteiger partial charge is 0.355 e. The van der Waals surface area contributed by atoms with Crippen LogP contribution in [0.15, 0.2) is 53.5 Å². The van der Waals surface area contributed by atoms with Gasteiger partial charge in [0.05, 0.1) is 17.0 Å². The number of alkyl halides is 3. The molecule has 0 saturated carbocycles. The van der Waals surface area contributed by atoms with E-state index in [9.17, 15) is 21.6 Å².